The number of pyridine rings is 2. The van der Waals surface area contributed by atoms with Gasteiger partial charge in [-0.1, -0.05) is 17.7 Å². The number of aromatic nitrogens is 5. The third-order valence-corrected chi connectivity index (χ3v) is 5.58. The van der Waals surface area contributed by atoms with E-state index in [2.05, 4.69) is 21.4 Å². The zero-order chi connectivity index (χ0) is 21.5. The summed E-state index contributed by atoms with van der Waals surface area (Å²) in [7, 11) is 0. The molecule has 0 spiro atoms. The Balaban J connectivity index is 1.59. The normalized spacial score (nSPS) is 14.3. The van der Waals surface area contributed by atoms with Gasteiger partial charge in [-0.15, -0.1) is 0 Å². The molecular formula is C21H18ClN7O2. The summed E-state index contributed by atoms with van der Waals surface area (Å²) >= 11 is 6.37. The minimum Gasteiger partial charge on any atom is -0.504 e. The molecule has 10 heteroatoms. The lowest BCUT2D eigenvalue weighted by atomic mass is 10.1. The van der Waals surface area contributed by atoms with Crippen molar-refractivity contribution < 1.29 is 9.84 Å². The van der Waals surface area contributed by atoms with Crippen LogP contribution in [0.2, 0.25) is 5.02 Å². The Morgan fingerprint density at radius 1 is 1.32 bits per heavy atom. The van der Waals surface area contributed by atoms with Gasteiger partial charge in [-0.3, -0.25) is 9.67 Å². The fourth-order valence-electron chi connectivity index (χ4n) is 3.72. The molecule has 0 saturated heterocycles. The van der Waals surface area contributed by atoms with Crippen LogP contribution in [0.5, 0.6) is 11.5 Å². The number of nitrogens with zero attached hydrogens (tertiary/aromatic N) is 7. The number of aromatic hydroxyl groups is 1. The molecule has 31 heavy (non-hydrogen) atoms. The second-order valence-corrected chi connectivity index (χ2v) is 7.69. The highest BCUT2D eigenvalue weighted by Gasteiger charge is 2.26. The lowest BCUT2D eigenvalue weighted by molar-refractivity contribution is 0.224. The molecule has 156 valence electrons. The molecule has 1 aliphatic heterocycles. The molecule has 1 N–H and O–H groups in total. The summed E-state index contributed by atoms with van der Waals surface area (Å²) in [6.45, 7) is 3.28. The minimum atomic E-state index is -0.334. The van der Waals surface area contributed by atoms with Crippen molar-refractivity contribution in [2.24, 2.45) is 0 Å². The lowest BCUT2D eigenvalue weighted by Crippen LogP contribution is -2.30. The van der Waals surface area contributed by atoms with Crippen LogP contribution < -0.4 is 4.74 Å². The first-order valence-electron chi connectivity index (χ1n) is 9.73. The third kappa shape index (κ3) is 3.31. The molecule has 5 heterocycles. The first-order valence-corrected chi connectivity index (χ1v) is 10.1. The maximum atomic E-state index is 10.8. The molecule has 0 bridgehead atoms. The predicted octanol–water partition coefficient (Wildman–Crippen LogP) is 3.39. The van der Waals surface area contributed by atoms with Crippen LogP contribution in [0.15, 0.2) is 42.9 Å². The van der Waals surface area contributed by atoms with E-state index in [1.54, 1.807) is 38.8 Å². The van der Waals surface area contributed by atoms with E-state index in [1.165, 1.54) is 0 Å². The molecule has 1 atom stereocenters. The van der Waals surface area contributed by atoms with Gasteiger partial charge in [0.05, 0.1) is 30.0 Å². The first-order chi connectivity index (χ1) is 15.0. The van der Waals surface area contributed by atoms with E-state index in [0.29, 0.717) is 52.9 Å². The Bertz CT molecular complexity index is 1310. The standard InChI is InChI=1S/C21H18ClN7O2/c1-13(16-4-2-3-5-24-16)31-18-8-14(10-29-20(18)15(22)9-25-29)19-21(30)17-11-27(12-23)6-7-28(17)26-19/h2-5,8-10,13,30H,6-7,11H2,1H3. The fraction of sp³-hybridized carbons (Fsp3) is 0.238. The molecular weight excluding hydrogens is 418 g/mol. The van der Waals surface area contributed by atoms with Gasteiger partial charge in [-0.05, 0) is 25.1 Å². The maximum Gasteiger partial charge on any atom is 0.179 e. The zero-order valence-corrected chi connectivity index (χ0v) is 17.4. The van der Waals surface area contributed by atoms with Gasteiger partial charge in [0.1, 0.15) is 28.8 Å². The van der Waals surface area contributed by atoms with Crippen LogP contribution >= 0.6 is 11.6 Å². The van der Waals surface area contributed by atoms with Crippen LogP contribution in [-0.2, 0) is 13.1 Å². The van der Waals surface area contributed by atoms with Gasteiger partial charge >= 0.3 is 0 Å². The van der Waals surface area contributed by atoms with E-state index in [9.17, 15) is 10.4 Å². The van der Waals surface area contributed by atoms with E-state index in [4.69, 9.17) is 16.3 Å². The summed E-state index contributed by atoms with van der Waals surface area (Å²) in [5.74, 6) is 0.545. The number of fused-ring (bicyclic) bond motifs is 2. The average Bonchev–Trinajstić information content (AvgIpc) is 3.34. The van der Waals surface area contributed by atoms with Crippen molar-refractivity contribution >= 4 is 17.1 Å². The molecule has 4 aromatic rings. The molecule has 0 amide bonds. The Morgan fingerprint density at radius 2 is 2.19 bits per heavy atom. The Hall–Kier alpha value is -3.77. The predicted molar refractivity (Wildman–Crippen MR) is 112 cm³/mol. The molecule has 0 aliphatic carbocycles. The van der Waals surface area contributed by atoms with Gasteiger partial charge < -0.3 is 14.7 Å². The summed E-state index contributed by atoms with van der Waals surface area (Å²) in [6, 6.07) is 7.43. The summed E-state index contributed by atoms with van der Waals surface area (Å²) in [5, 5.41) is 29.4. The van der Waals surface area contributed by atoms with Crippen LogP contribution in [0.4, 0.5) is 0 Å². The number of hydrogen-bond donors (Lipinski definition) is 1. The van der Waals surface area contributed by atoms with E-state index in [1.807, 2.05) is 25.1 Å². The molecule has 5 rings (SSSR count). The Morgan fingerprint density at radius 3 is 2.97 bits per heavy atom. The lowest BCUT2D eigenvalue weighted by Gasteiger charge is -2.21. The fourth-order valence-corrected chi connectivity index (χ4v) is 3.94. The van der Waals surface area contributed by atoms with Gasteiger partial charge in [0.15, 0.2) is 11.9 Å². The van der Waals surface area contributed by atoms with Crippen molar-refractivity contribution in [2.45, 2.75) is 26.1 Å². The summed E-state index contributed by atoms with van der Waals surface area (Å²) in [4.78, 5) is 5.94. The molecule has 4 aromatic heterocycles. The molecule has 0 radical (unpaired) electrons. The van der Waals surface area contributed by atoms with E-state index in [-0.39, 0.29) is 11.9 Å². The van der Waals surface area contributed by atoms with Crippen LogP contribution in [0.1, 0.15) is 24.4 Å². The molecule has 1 unspecified atom stereocenters. The smallest absolute Gasteiger partial charge is 0.179 e. The van der Waals surface area contributed by atoms with E-state index < -0.39 is 0 Å². The third-order valence-electron chi connectivity index (χ3n) is 5.31. The average molecular weight is 436 g/mol. The number of halogens is 1. The van der Waals surface area contributed by atoms with Crippen molar-refractivity contribution in [1.82, 2.24) is 29.3 Å². The van der Waals surface area contributed by atoms with E-state index >= 15 is 0 Å². The Labute approximate surface area is 182 Å². The minimum absolute atomic E-state index is 0.0428. The van der Waals surface area contributed by atoms with Gasteiger partial charge in [-0.2, -0.15) is 15.5 Å². The summed E-state index contributed by atoms with van der Waals surface area (Å²) in [6.07, 6.45) is 6.79. The highest BCUT2D eigenvalue weighted by molar-refractivity contribution is 6.34. The number of hydrogen-bond acceptors (Lipinski definition) is 7. The largest absolute Gasteiger partial charge is 0.504 e. The second kappa shape index (κ2) is 7.49. The summed E-state index contributed by atoms with van der Waals surface area (Å²) < 4.78 is 9.56. The second-order valence-electron chi connectivity index (χ2n) is 7.28. The first kappa shape index (κ1) is 19.2. The van der Waals surface area contributed by atoms with Crippen molar-refractivity contribution in [2.75, 3.05) is 6.54 Å². The van der Waals surface area contributed by atoms with E-state index in [0.717, 1.165) is 5.69 Å². The number of ether oxygens (including phenoxy) is 1. The van der Waals surface area contributed by atoms with Gasteiger partial charge in [-0.25, -0.2) is 4.52 Å². The number of rotatable bonds is 4. The van der Waals surface area contributed by atoms with Gasteiger partial charge in [0, 0.05) is 24.5 Å². The van der Waals surface area contributed by atoms with Gasteiger partial charge in [0.25, 0.3) is 0 Å². The van der Waals surface area contributed by atoms with Crippen LogP contribution in [0.3, 0.4) is 0 Å². The van der Waals surface area contributed by atoms with Crippen molar-refractivity contribution in [3.63, 3.8) is 0 Å². The molecule has 0 fully saturated rings. The van der Waals surface area contributed by atoms with Crippen LogP contribution in [0.25, 0.3) is 16.8 Å². The highest BCUT2D eigenvalue weighted by atomic mass is 35.5. The van der Waals surface area contributed by atoms with Crippen LogP contribution in [0, 0.1) is 11.5 Å². The molecule has 0 saturated carbocycles. The maximum absolute atomic E-state index is 10.8. The highest BCUT2D eigenvalue weighted by Crippen LogP contribution is 2.38. The topological polar surface area (TPSA) is 104 Å². The molecule has 0 aromatic carbocycles. The SMILES string of the molecule is CC(Oc1cc(-c2nn3c(c2O)CN(C#N)CC3)cn2ncc(Cl)c12)c1ccccn1. The summed E-state index contributed by atoms with van der Waals surface area (Å²) in [5.41, 5.74) is 3.02. The molecule has 9 nitrogen and oxygen atoms in total. The van der Waals surface area contributed by atoms with Crippen LogP contribution in [-0.4, -0.2) is 40.9 Å². The van der Waals surface area contributed by atoms with Gasteiger partial charge in [0.2, 0.25) is 0 Å². The van der Waals surface area contributed by atoms with Crippen molar-refractivity contribution in [1.29, 1.82) is 5.26 Å². The molecule has 1 aliphatic rings. The zero-order valence-electron chi connectivity index (χ0n) is 16.6. The Kier molecular flexibility index (Phi) is 4.64. The quantitative estimate of drug-likeness (QED) is 0.490. The monoisotopic (exact) mass is 435 g/mol. The van der Waals surface area contributed by atoms with Crippen molar-refractivity contribution in [3.8, 4) is 28.9 Å². The van der Waals surface area contributed by atoms with Crippen molar-refractivity contribution in [3.05, 3.63) is 59.3 Å². The number of nitriles is 1.